The third-order valence-corrected chi connectivity index (χ3v) is 2.56. The first kappa shape index (κ1) is 17.2. The van der Waals surface area contributed by atoms with Gasteiger partial charge in [0.1, 0.15) is 5.82 Å². The van der Waals surface area contributed by atoms with Crippen molar-refractivity contribution in [1.82, 2.24) is 25.8 Å². The molecule has 3 N–H and O–H groups in total. The number of hydrogen-bond donors (Lipinski definition) is 3. The van der Waals surface area contributed by atoms with Crippen LogP contribution in [0.3, 0.4) is 0 Å². The minimum atomic E-state index is 0. The Labute approximate surface area is 140 Å². The Hall–Kier alpha value is -1.84. The lowest BCUT2D eigenvalue weighted by molar-refractivity contribution is 0.577. The van der Waals surface area contributed by atoms with Crippen LogP contribution in [0.5, 0.6) is 0 Å². The molecule has 0 atom stereocenters. The summed E-state index contributed by atoms with van der Waals surface area (Å²) in [6.07, 6.45) is 4.09. The highest BCUT2D eigenvalue weighted by Gasteiger charge is 2.07. The minimum absolute atomic E-state index is 0. The molecule has 2 rings (SSSR count). The smallest absolute Gasteiger partial charge is 0.216 e. The maximum atomic E-state index is 5.24. The first-order valence-electron chi connectivity index (χ1n) is 6.34. The molecule has 21 heavy (non-hydrogen) atoms. The summed E-state index contributed by atoms with van der Waals surface area (Å²) in [5, 5.41) is 13.3. The normalized spacial score (nSPS) is 10.8. The number of aromatic amines is 1. The van der Waals surface area contributed by atoms with Gasteiger partial charge in [0.25, 0.3) is 0 Å². The summed E-state index contributed by atoms with van der Waals surface area (Å²) in [5.41, 5.74) is 0. The van der Waals surface area contributed by atoms with E-state index in [1.165, 1.54) is 0 Å². The molecule has 0 aromatic carbocycles. The Morgan fingerprint density at radius 1 is 1.52 bits per heavy atom. The number of hydrogen-bond acceptors (Lipinski definition) is 4. The van der Waals surface area contributed by atoms with Gasteiger partial charge in [-0.2, -0.15) is 5.10 Å². The number of guanidine groups is 1. The number of aliphatic imine (C=N–C) groups is 1. The van der Waals surface area contributed by atoms with Crippen molar-refractivity contribution < 1.29 is 4.42 Å². The lowest BCUT2D eigenvalue weighted by Gasteiger charge is -2.09. The Kier molecular flexibility index (Phi) is 7.51. The van der Waals surface area contributed by atoms with Crippen LogP contribution in [0, 0.1) is 0 Å². The van der Waals surface area contributed by atoms with Crippen LogP contribution in [0.25, 0.3) is 11.6 Å². The van der Waals surface area contributed by atoms with E-state index in [1.54, 1.807) is 19.4 Å². The van der Waals surface area contributed by atoms with Gasteiger partial charge in [-0.15, -0.1) is 30.6 Å². The van der Waals surface area contributed by atoms with Gasteiger partial charge in [-0.25, -0.2) is 4.98 Å². The molecule has 0 saturated heterocycles. The van der Waals surface area contributed by atoms with E-state index in [1.807, 2.05) is 12.1 Å². The van der Waals surface area contributed by atoms with Crippen molar-refractivity contribution in [2.45, 2.75) is 6.42 Å². The summed E-state index contributed by atoms with van der Waals surface area (Å²) >= 11 is 0. The number of nitrogens with one attached hydrogen (secondary N) is 3. The van der Waals surface area contributed by atoms with Crippen molar-refractivity contribution in [3.63, 3.8) is 0 Å². The van der Waals surface area contributed by atoms with Crippen molar-refractivity contribution in [3.8, 4) is 11.6 Å². The van der Waals surface area contributed by atoms with Gasteiger partial charge in [0.15, 0.2) is 11.7 Å². The zero-order valence-corrected chi connectivity index (χ0v) is 14.1. The van der Waals surface area contributed by atoms with Crippen LogP contribution >= 0.6 is 24.0 Å². The fourth-order valence-corrected chi connectivity index (χ4v) is 1.61. The predicted molar refractivity (Wildman–Crippen MR) is 92.8 cm³/mol. The second kappa shape index (κ2) is 9.16. The Morgan fingerprint density at radius 3 is 3.05 bits per heavy atom. The molecule has 0 amide bonds. The van der Waals surface area contributed by atoms with Crippen LogP contribution in [0.15, 0.2) is 40.5 Å². The van der Waals surface area contributed by atoms with E-state index in [0.29, 0.717) is 31.1 Å². The van der Waals surface area contributed by atoms with Crippen LogP contribution in [0.4, 0.5) is 0 Å². The van der Waals surface area contributed by atoms with Gasteiger partial charge >= 0.3 is 0 Å². The zero-order valence-electron chi connectivity index (χ0n) is 11.8. The van der Waals surface area contributed by atoms with E-state index < -0.39 is 0 Å². The molecule has 0 aliphatic rings. The fourth-order valence-electron chi connectivity index (χ4n) is 1.61. The average Bonchev–Trinajstić information content (AvgIpc) is 3.13. The van der Waals surface area contributed by atoms with Gasteiger partial charge in [0, 0.05) is 26.6 Å². The molecule has 0 aliphatic carbocycles. The van der Waals surface area contributed by atoms with E-state index in [-0.39, 0.29) is 24.0 Å². The summed E-state index contributed by atoms with van der Waals surface area (Å²) in [7, 11) is 1.72. The third kappa shape index (κ3) is 5.21. The Morgan fingerprint density at radius 2 is 2.38 bits per heavy atom. The molecule has 0 aliphatic heterocycles. The summed E-state index contributed by atoms with van der Waals surface area (Å²) in [6, 6.07) is 3.63. The van der Waals surface area contributed by atoms with Gasteiger partial charge in [-0.1, -0.05) is 6.08 Å². The molecule has 7 nitrogen and oxygen atoms in total. The van der Waals surface area contributed by atoms with Crippen LogP contribution < -0.4 is 10.6 Å². The van der Waals surface area contributed by atoms with Crippen molar-refractivity contribution >= 4 is 29.9 Å². The van der Waals surface area contributed by atoms with Crippen LogP contribution in [-0.4, -0.2) is 41.3 Å². The van der Waals surface area contributed by atoms with Crippen LogP contribution in [0.2, 0.25) is 0 Å². The molecule has 0 saturated carbocycles. The van der Waals surface area contributed by atoms with Gasteiger partial charge in [-0.3, -0.25) is 10.1 Å². The minimum Gasteiger partial charge on any atom is -0.461 e. The topological polar surface area (TPSA) is 91.1 Å². The fraction of sp³-hybridized carbons (Fsp3) is 0.308. The number of aromatic nitrogens is 3. The van der Waals surface area contributed by atoms with E-state index in [2.05, 4.69) is 37.4 Å². The number of rotatable bonds is 6. The molecule has 0 radical (unpaired) electrons. The standard InChI is InChI=1S/C13H18N6O.HI/c1-3-7-15-13(14-2)16-8-6-11-17-12(19-18-11)10-5-4-9-20-10;/h3-5,9H,1,6-8H2,2H3,(H2,14,15,16)(H,17,18,19);1H. The second-order valence-corrected chi connectivity index (χ2v) is 4.00. The van der Waals surface area contributed by atoms with Crippen molar-refractivity contribution in [2.75, 3.05) is 20.1 Å². The van der Waals surface area contributed by atoms with E-state index in [4.69, 9.17) is 4.42 Å². The molecule has 2 aromatic heterocycles. The summed E-state index contributed by atoms with van der Waals surface area (Å²) in [4.78, 5) is 8.45. The van der Waals surface area contributed by atoms with Crippen LogP contribution in [-0.2, 0) is 6.42 Å². The molecular weight excluding hydrogens is 383 g/mol. The third-order valence-electron chi connectivity index (χ3n) is 2.56. The quantitative estimate of drug-likeness (QED) is 0.295. The van der Waals surface area contributed by atoms with Crippen molar-refractivity contribution in [3.05, 3.63) is 36.9 Å². The van der Waals surface area contributed by atoms with Crippen molar-refractivity contribution in [2.24, 2.45) is 4.99 Å². The molecule has 8 heteroatoms. The van der Waals surface area contributed by atoms with Gasteiger partial charge in [0.05, 0.1) is 6.26 Å². The zero-order chi connectivity index (χ0) is 14.2. The molecular formula is C13H19IN6O. The largest absolute Gasteiger partial charge is 0.461 e. The highest BCUT2D eigenvalue weighted by atomic mass is 127. The first-order chi connectivity index (χ1) is 9.83. The SMILES string of the molecule is C=CCNC(=NC)NCCc1nc(-c2ccco2)n[nH]1.I. The van der Waals surface area contributed by atoms with E-state index >= 15 is 0 Å². The predicted octanol–water partition coefficient (Wildman–Crippen LogP) is 1.58. The average molecular weight is 402 g/mol. The number of halogens is 1. The van der Waals surface area contributed by atoms with Crippen molar-refractivity contribution in [1.29, 1.82) is 0 Å². The molecule has 0 fully saturated rings. The highest BCUT2D eigenvalue weighted by molar-refractivity contribution is 14.0. The van der Waals surface area contributed by atoms with Gasteiger partial charge in [-0.05, 0) is 12.1 Å². The maximum Gasteiger partial charge on any atom is 0.216 e. The molecule has 2 heterocycles. The Balaban J connectivity index is 0.00000220. The lowest BCUT2D eigenvalue weighted by atomic mass is 10.4. The lowest BCUT2D eigenvalue weighted by Crippen LogP contribution is -2.38. The second-order valence-electron chi connectivity index (χ2n) is 4.00. The monoisotopic (exact) mass is 402 g/mol. The number of nitrogens with zero attached hydrogens (tertiary/aromatic N) is 3. The molecule has 2 aromatic rings. The van der Waals surface area contributed by atoms with Gasteiger partial charge < -0.3 is 15.1 Å². The molecule has 0 unspecified atom stereocenters. The van der Waals surface area contributed by atoms with Gasteiger partial charge in [0.2, 0.25) is 5.82 Å². The number of furan rings is 1. The maximum absolute atomic E-state index is 5.24. The van der Waals surface area contributed by atoms with Crippen LogP contribution in [0.1, 0.15) is 5.82 Å². The summed E-state index contributed by atoms with van der Waals surface area (Å²) < 4.78 is 5.24. The summed E-state index contributed by atoms with van der Waals surface area (Å²) in [5.74, 6) is 2.75. The van der Waals surface area contributed by atoms with E-state index in [9.17, 15) is 0 Å². The first-order valence-corrected chi connectivity index (χ1v) is 6.34. The highest BCUT2D eigenvalue weighted by Crippen LogP contribution is 2.14. The molecule has 0 bridgehead atoms. The summed E-state index contributed by atoms with van der Waals surface area (Å²) in [6.45, 7) is 5.01. The number of H-pyrrole nitrogens is 1. The molecule has 114 valence electrons. The molecule has 0 spiro atoms. The Bertz CT molecular complexity index is 563. The van der Waals surface area contributed by atoms with E-state index in [0.717, 1.165) is 11.8 Å².